The number of nitrogens with one attached hydrogen (secondary N) is 1. The van der Waals surface area contributed by atoms with E-state index < -0.39 is 33.6 Å². The van der Waals surface area contributed by atoms with Gasteiger partial charge in [0, 0.05) is 6.20 Å². The zero-order valence-corrected chi connectivity index (χ0v) is 12.7. The molecule has 0 aromatic carbocycles. The largest absolute Gasteiger partial charge is 0.417 e. The van der Waals surface area contributed by atoms with Crippen LogP contribution in [-0.4, -0.2) is 25.6 Å². The highest BCUT2D eigenvalue weighted by Crippen LogP contribution is 2.32. The molecule has 128 valence electrons. The normalized spacial score (nSPS) is 12.7. The van der Waals surface area contributed by atoms with Gasteiger partial charge in [-0.1, -0.05) is 11.6 Å². The van der Waals surface area contributed by atoms with E-state index in [9.17, 15) is 28.1 Å². The molecule has 2 aromatic rings. The van der Waals surface area contributed by atoms with Crippen LogP contribution in [0.3, 0.4) is 0 Å². The van der Waals surface area contributed by atoms with Crippen LogP contribution in [0.2, 0.25) is 5.02 Å². The molecular formula is C12H9ClF3N5O3. The minimum Gasteiger partial charge on any atom is -0.308 e. The Kier molecular flexibility index (Phi) is 4.73. The van der Waals surface area contributed by atoms with Crippen molar-refractivity contribution in [3.8, 4) is 0 Å². The van der Waals surface area contributed by atoms with E-state index in [0.29, 0.717) is 12.3 Å². The lowest BCUT2D eigenvalue weighted by molar-refractivity contribution is -0.385. The Balaban J connectivity index is 2.15. The summed E-state index contributed by atoms with van der Waals surface area (Å²) < 4.78 is 38.6. The van der Waals surface area contributed by atoms with E-state index in [0.717, 1.165) is 17.1 Å². The van der Waals surface area contributed by atoms with Crippen molar-refractivity contribution >= 4 is 29.0 Å². The van der Waals surface area contributed by atoms with E-state index >= 15 is 0 Å². The molecule has 1 atom stereocenters. The lowest BCUT2D eigenvalue weighted by atomic mass is 10.2. The minimum atomic E-state index is -4.61. The van der Waals surface area contributed by atoms with E-state index in [1.54, 1.807) is 0 Å². The van der Waals surface area contributed by atoms with Gasteiger partial charge in [0.2, 0.25) is 5.91 Å². The average molecular weight is 364 g/mol. The van der Waals surface area contributed by atoms with Crippen LogP contribution in [-0.2, 0) is 11.0 Å². The van der Waals surface area contributed by atoms with E-state index in [4.69, 9.17) is 11.6 Å². The molecule has 24 heavy (non-hydrogen) atoms. The summed E-state index contributed by atoms with van der Waals surface area (Å²) in [6.45, 7) is 1.39. The first-order chi connectivity index (χ1) is 11.1. The van der Waals surface area contributed by atoms with E-state index in [1.807, 2.05) is 0 Å². The lowest BCUT2D eigenvalue weighted by Gasteiger charge is -2.13. The maximum Gasteiger partial charge on any atom is 0.417 e. The zero-order valence-electron chi connectivity index (χ0n) is 11.9. The average Bonchev–Trinajstić information content (AvgIpc) is 2.97. The molecule has 12 heteroatoms. The number of nitro groups is 1. The molecule has 0 saturated heterocycles. The van der Waals surface area contributed by atoms with Crippen LogP contribution in [0.15, 0.2) is 24.7 Å². The number of hydrogen-bond donors (Lipinski definition) is 1. The molecule has 1 unspecified atom stereocenters. The third kappa shape index (κ3) is 3.79. The Morgan fingerprint density at radius 2 is 2.12 bits per heavy atom. The van der Waals surface area contributed by atoms with Crippen molar-refractivity contribution in [1.82, 2.24) is 14.8 Å². The van der Waals surface area contributed by atoms with Gasteiger partial charge in [-0.05, 0) is 13.0 Å². The predicted octanol–water partition coefficient (Wildman–Crippen LogP) is 3.06. The molecule has 2 aromatic heterocycles. The number of anilines is 1. The Morgan fingerprint density at radius 1 is 1.46 bits per heavy atom. The summed E-state index contributed by atoms with van der Waals surface area (Å²) in [6.07, 6.45) is -2.06. The molecule has 0 radical (unpaired) electrons. The number of halogens is 4. The van der Waals surface area contributed by atoms with Crippen molar-refractivity contribution < 1.29 is 22.9 Å². The van der Waals surface area contributed by atoms with E-state index in [2.05, 4.69) is 15.4 Å². The topological polar surface area (TPSA) is 103 Å². The standard InChI is InChI=1S/C12H9ClF3N5O3/c1-6(20-5-8(4-18-20)21(23)24)11(22)19-10-9(13)2-7(3-17-10)12(14,15)16/h2-6H,1H3,(H,17,19,22). The molecule has 0 bridgehead atoms. The van der Waals surface area contributed by atoms with Crippen LogP contribution in [0, 0.1) is 10.1 Å². The minimum absolute atomic E-state index is 0.261. The van der Waals surface area contributed by atoms with Crippen LogP contribution in [0.5, 0.6) is 0 Å². The first-order valence-electron chi connectivity index (χ1n) is 6.31. The summed E-state index contributed by atoms with van der Waals surface area (Å²) in [5.74, 6) is -0.967. The number of nitrogens with zero attached hydrogens (tertiary/aromatic N) is 4. The number of aromatic nitrogens is 3. The molecule has 8 nitrogen and oxygen atoms in total. The number of rotatable bonds is 4. The first kappa shape index (κ1) is 17.7. The predicted molar refractivity (Wildman–Crippen MR) is 76.5 cm³/mol. The van der Waals surface area contributed by atoms with Crippen LogP contribution in [0.25, 0.3) is 0 Å². The third-order valence-corrected chi connectivity index (χ3v) is 3.27. The SMILES string of the molecule is CC(C(=O)Nc1ncc(C(F)(F)F)cc1Cl)n1cc([N+](=O)[O-])cn1. The summed E-state index contributed by atoms with van der Waals surface area (Å²) in [6, 6.07) is -0.341. The zero-order chi connectivity index (χ0) is 18.1. The van der Waals surface area contributed by atoms with Crippen molar-refractivity contribution in [1.29, 1.82) is 0 Å². The summed E-state index contributed by atoms with van der Waals surface area (Å²) in [5, 5.41) is 16.1. The second-order valence-electron chi connectivity index (χ2n) is 4.65. The first-order valence-corrected chi connectivity index (χ1v) is 6.69. The second-order valence-corrected chi connectivity index (χ2v) is 5.06. The molecule has 1 N–H and O–H groups in total. The summed E-state index contributed by atoms with van der Waals surface area (Å²) in [4.78, 5) is 25.4. The molecule has 0 aliphatic carbocycles. The number of carbonyl (C=O) groups excluding carboxylic acids is 1. The molecule has 1 amide bonds. The van der Waals surface area contributed by atoms with Crippen molar-refractivity contribution in [2.45, 2.75) is 19.1 Å². The number of pyridine rings is 1. The van der Waals surface area contributed by atoms with Crippen LogP contribution in [0.1, 0.15) is 18.5 Å². The van der Waals surface area contributed by atoms with Crippen molar-refractivity contribution in [2.24, 2.45) is 0 Å². The van der Waals surface area contributed by atoms with Gasteiger partial charge in [-0.3, -0.25) is 19.6 Å². The quantitative estimate of drug-likeness (QED) is 0.664. The van der Waals surface area contributed by atoms with Gasteiger partial charge in [0.1, 0.15) is 18.4 Å². The van der Waals surface area contributed by atoms with Gasteiger partial charge in [0.25, 0.3) is 0 Å². The Hall–Kier alpha value is -2.69. The van der Waals surface area contributed by atoms with Crippen LogP contribution in [0.4, 0.5) is 24.7 Å². The summed E-state index contributed by atoms with van der Waals surface area (Å²) >= 11 is 5.69. The fourth-order valence-corrected chi connectivity index (χ4v) is 1.87. The van der Waals surface area contributed by atoms with E-state index in [-0.39, 0.29) is 11.5 Å². The molecule has 0 aliphatic rings. The van der Waals surface area contributed by atoms with Crippen LogP contribution >= 0.6 is 11.6 Å². The van der Waals surface area contributed by atoms with E-state index in [1.165, 1.54) is 6.92 Å². The molecular weight excluding hydrogens is 355 g/mol. The molecule has 0 spiro atoms. The van der Waals surface area contributed by atoms with Gasteiger partial charge in [-0.2, -0.15) is 18.3 Å². The van der Waals surface area contributed by atoms with Crippen molar-refractivity contribution in [3.05, 3.63) is 45.4 Å². The van der Waals surface area contributed by atoms with Gasteiger partial charge >= 0.3 is 11.9 Å². The Morgan fingerprint density at radius 3 is 2.62 bits per heavy atom. The van der Waals surface area contributed by atoms with Gasteiger partial charge in [0.15, 0.2) is 5.82 Å². The highest BCUT2D eigenvalue weighted by molar-refractivity contribution is 6.33. The lowest BCUT2D eigenvalue weighted by Crippen LogP contribution is -2.24. The third-order valence-electron chi connectivity index (χ3n) is 2.99. The number of hydrogen-bond acceptors (Lipinski definition) is 5. The van der Waals surface area contributed by atoms with Gasteiger partial charge in [-0.25, -0.2) is 4.98 Å². The van der Waals surface area contributed by atoms with Crippen molar-refractivity contribution in [2.75, 3.05) is 5.32 Å². The number of amides is 1. The molecule has 2 heterocycles. The van der Waals surface area contributed by atoms with Crippen LogP contribution < -0.4 is 5.32 Å². The summed E-state index contributed by atoms with van der Waals surface area (Å²) in [5.41, 5.74) is -1.36. The maximum atomic E-state index is 12.5. The van der Waals surface area contributed by atoms with Crippen molar-refractivity contribution in [3.63, 3.8) is 0 Å². The summed E-state index contributed by atoms with van der Waals surface area (Å²) in [7, 11) is 0. The fraction of sp³-hybridized carbons (Fsp3) is 0.250. The van der Waals surface area contributed by atoms with Gasteiger partial charge in [0.05, 0.1) is 15.5 Å². The fourth-order valence-electron chi connectivity index (χ4n) is 1.66. The highest BCUT2D eigenvalue weighted by Gasteiger charge is 2.32. The second kappa shape index (κ2) is 6.43. The molecule has 2 rings (SSSR count). The van der Waals surface area contributed by atoms with Gasteiger partial charge < -0.3 is 5.32 Å². The molecule has 0 aliphatic heterocycles. The molecule has 0 fully saturated rings. The number of carbonyl (C=O) groups is 1. The Labute approximate surface area is 137 Å². The number of alkyl halides is 3. The van der Waals surface area contributed by atoms with Gasteiger partial charge in [-0.15, -0.1) is 0 Å². The molecule has 0 saturated carbocycles. The Bertz CT molecular complexity index is 792. The monoisotopic (exact) mass is 363 g/mol. The maximum absolute atomic E-state index is 12.5. The highest BCUT2D eigenvalue weighted by atomic mass is 35.5. The smallest absolute Gasteiger partial charge is 0.308 e.